The van der Waals surface area contributed by atoms with E-state index in [0.717, 1.165) is 30.9 Å². The Bertz CT molecular complexity index is 550. The van der Waals surface area contributed by atoms with E-state index in [1.54, 1.807) is 13.1 Å². The highest BCUT2D eigenvalue weighted by atomic mass is 32.1. The molecule has 1 aliphatic rings. The molecule has 2 aromatic heterocycles. The van der Waals surface area contributed by atoms with Crippen LogP contribution < -0.4 is 4.90 Å². The van der Waals surface area contributed by atoms with Crippen LogP contribution in [0.2, 0.25) is 0 Å². The van der Waals surface area contributed by atoms with E-state index in [9.17, 15) is 5.11 Å². The van der Waals surface area contributed by atoms with Crippen LogP contribution >= 0.6 is 11.3 Å². The van der Waals surface area contributed by atoms with Gasteiger partial charge in [0.05, 0.1) is 6.10 Å². The van der Waals surface area contributed by atoms with Crippen LogP contribution in [0, 0.1) is 0 Å². The molecule has 0 bridgehead atoms. The molecule has 3 nitrogen and oxygen atoms in total. The predicted octanol–water partition coefficient (Wildman–Crippen LogP) is 2.76. The zero-order chi connectivity index (χ0) is 12.5. The first-order valence-corrected chi connectivity index (χ1v) is 7.07. The van der Waals surface area contributed by atoms with Crippen LogP contribution in [0.25, 0.3) is 0 Å². The van der Waals surface area contributed by atoms with E-state index in [0.29, 0.717) is 0 Å². The lowest BCUT2D eigenvalue weighted by Crippen LogP contribution is -2.31. The molecule has 0 spiro atoms. The van der Waals surface area contributed by atoms with E-state index in [1.165, 1.54) is 10.4 Å². The van der Waals surface area contributed by atoms with E-state index in [-0.39, 0.29) is 0 Å². The molecular formula is C14H16N2OS. The number of hydrogen-bond donors (Lipinski definition) is 1. The van der Waals surface area contributed by atoms with Gasteiger partial charge in [-0.3, -0.25) is 0 Å². The zero-order valence-corrected chi connectivity index (χ0v) is 11.2. The van der Waals surface area contributed by atoms with Crippen LogP contribution in [0.4, 0.5) is 5.82 Å². The van der Waals surface area contributed by atoms with Crippen LogP contribution in [0.3, 0.4) is 0 Å². The number of thiophene rings is 1. The molecule has 0 fully saturated rings. The summed E-state index contributed by atoms with van der Waals surface area (Å²) in [4.78, 5) is 8.20. The second-order valence-corrected chi connectivity index (χ2v) is 5.63. The van der Waals surface area contributed by atoms with E-state index in [2.05, 4.69) is 21.3 Å². The third-order valence-electron chi connectivity index (χ3n) is 3.37. The molecule has 4 heteroatoms. The van der Waals surface area contributed by atoms with Crippen molar-refractivity contribution in [2.45, 2.75) is 26.0 Å². The second-order valence-electron chi connectivity index (χ2n) is 4.63. The van der Waals surface area contributed by atoms with Crippen molar-refractivity contribution < 1.29 is 5.11 Å². The van der Waals surface area contributed by atoms with Crippen LogP contribution in [0.1, 0.15) is 29.0 Å². The molecule has 0 aromatic carbocycles. The largest absolute Gasteiger partial charge is 0.389 e. The molecule has 2 aromatic rings. The Labute approximate surface area is 111 Å². The van der Waals surface area contributed by atoms with Crippen molar-refractivity contribution in [2.75, 3.05) is 11.4 Å². The van der Waals surface area contributed by atoms with Crippen molar-refractivity contribution in [3.8, 4) is 0 Å². The third-order valence-corrected chi connectivity index (χ3v) is 4.40. The Balaban J connectivity index is 1.93. The highest BCUT2D eigenvalue weighted by Crippen LogP contribution is 2.30. The van der Waals surface area contributed by atoms with Gasteiger partial charge in [0.2, 0.25) is 0 Å². The van der Waals surface area contributed by atoms with Crippen LogP contribution in [0.5, 0.6) is 0 Å². The number of aromatic nitrogens is 1. The average Bonchev–Trinajstić information content (AvgIpc) is 2.85. The van der Waals surface area contributed by atoms with E-state index < -0.39 is 6.10 Å². The summed E-state index contributed by atoms with van der Waals surface area (Å²) in [5.41, 5.74) is 2.31. The van der Waals surface area contributed by atoms with Crippen LogP contribution in [0.15, 0.2) is 29.8 Å². The molecule has 0 radical (unpaired) electrons. The second kappa shape index (κ2) is 4.71. The molecule has 0 unspecified atom stereocenters. The van der Waals surface area contributed by atoms with Crippen molar-refractivity contribution in [3.63, 3.8) is 0 Å². The van der Waals surface area contributed by atoms with Gasteiger partial charge in [0.25, 0.3) is 0 Å². The normalized spacial score (nSPS) is 16.4. The minimum Gasteiger partial charge on any atom is -0.389 e. The lowest BCUT2D eigenvalue weighted by atomic mass is 10.1. The smallest absolute Gasteiger partial charge is 0.134 e. The Hall–Kier alpha value is -1.39. The number of aliphatic hydroxyl groups is 1. The monoisotopic (exact) mass is 260 g/mol. The number of anilines is 1. The van der Waals surface area contributed by atoms with Crippen LogP contribution in [-0.4, -0.2) is 16.6 Å². The number of rotatable bonds is 2. The van der Waals surface area contributed by atoms with Crippen molar-refractivity contribution in [2.24, 2.45) is 0 Å². The highest BCUT2D eigenvalue weighted by molar-refractivity contribution is 7.10. The summed E-state index contributed by atoms with van der Waals surface area (Å²) in [7, 11) is 0. The number of aliphatic hydroxyl groups excluding tert-OH is 1. The fourth-order valence-corrected chi connectivity index (χ4v) is 3.32. The van der Waals surface area contributed by atoms with Crippen molar-refractivity contribution in [1.29, 1.82) is 0 Å². The molecule has 0 aliphatic carbocycles. The van der Waals surface area contributed by atoms with Gasteiger partial charge in [-0.15, -0.1) is 11.3 Å². The molecule has 1 atom stereocenters. The van der Waals surface area contributed by atoms with Gasteiger partial charge in [-0.05, 0) is 36.4 Å². The highest BCUT2D eigenvalue weighted by Gasteiger charge is 2.21. The first-order chi connectivity index (χ1) is 8.75. The topological polar surface area (TPSA) is 36.4 Å². The molecule has 18 heavy (non-hydrogen) atoms. The fraction of sp³-hybridized carbons (Fsp3) is 0.357. The Morgan fingerprint density at radius 2 is 2.33 bits per heavy atom. The molecule has 0 saturated carbocycles. The zero-order valence-electron chi connectivity index (χ0n) is 10.3. The van der Waals surface area contributed by atoms with Gasteiger partial charge < -0.3 is 10.0 Å². The maximum atomic E-state index is 9.83. The van der Waals surface area contributed by atoms with Crippen LogP contribution in [-0.2, 0) is 13.0 Å². The summed E-state index contributed by atoms with van der Waals surface area (Å²) in [6.07, 6.45) is 2.39. The first-order valence-electron chi connectivity index (χ1n) is 6.19. The number of pyridine rings is 1. The van der Waals surface area contributed by atoms with Gasteiger partial charge >= 0.3 is 0 Å². The predicted molar refractivity (Wildman–Crippen MR) is 73.9 cm³/mol. The summed E-state index contributed by atoms with van der Waals surface area (Å²) in [5, 5.41) is 12.0. The van der Waals surface area contributed by atoms with Gasteiger partial charge in [-0.2, -0.15) is 0 Å². The lowest BCUT2D eigenvalue weighted by Gasteiger charge is -2.30. The van der Waals surface area contributed by atoms with Crippen molar-refractivity contribution >= 4 is 17.2 Å². The summed E-state index contributed by atoms with van der Waals surface area (Å²) in [6, 6.07) is 6.03. The van der Waals surface area contributed by atoms with Gasteiger partial charge in [0.1, 0.15) is 5.82 Å². The van der Waals surface area contributed by atoms with Crippen molar-refractivity contribution in [3.05, 3.63) is 45.8 Å². The summed E-state index contributed by atoms with van der Waals surface area (Å²) >= 11 is 1.84. The maximum absolute atomic E-state index is 9.83. The molecule has 0 amide bonds. The Morgan fingerprint density at radius 1 is 1.44 bits per heavy atom. The molecular weight excluding hydrogens is 244 g/mol. The summed E-state index contributed by atoms with van der Waals surface area (Å²) < 4.78 is 0. The van der Waals surface area contributed by atoms with E-state index in [1.807, 2.05) is 23.5 Å². The maximum Gasteiger partial charge on any atom is 0.134 e. The molecule has 0 saturated heterocycles. The minimum atomic E-state index is -0.474. The van der Waals surface area contributed by atoms with Gasteiger partial charge in [-0.1, -0.05) is 6.07 Å². The Kier molecular flexibility index (Phi) is 3.06. The molecule has 94 valence electrons. The molecule has 3 heterocycles. The third kappa shape index (κ3) is 2.02. The van der Waals surface area contributed by atoms with Gasteiger partial charge in [0.15, 0.2) is 0 Å². The Morgan fingerprint density at radius 3 is 3.17 bits per heavy atom. The first kappa shape index (κ1) is 11.7. The van der Waals surface area contributed by atoms with E-state index in [4.69, 9.17) is 0 Å². The van der Waals surface area contributed by atoms with Gasteiger partial charge in [0, 0.05) is 29.7 Å². The van der Waals surface area contributed by atoms with Crippen molar-refractivity contribution in [1.82, 2.24) is 4.98 Å². The average molecular weight is 260 g/mol. The SMILES string of the molecule is C[C@@H](O)c1cccnc1N1CCc2sccc2C1. The fourth-order valence-electron chi connectivity index (χ4n) is 2.43. The lowest BCUT2D eigenvalue weighted by molar-refractivity contribution is 0.199. The number of nitrogens with zero attached hydrogens (tertiary/aromatic N) is 2. The molecule has 3 rings (SSSR count). The molecule has 1 N–H and O–H groups in total. The standard InChI is InChI=1S/C14H16N2OS/c1-10(17)12-3-2-6-15-14(12)16-7-4-13-11(9-16)5-8-18-13/h2-3,5-6,8,10,17H,4,7,9H2,1H3/t10-/m1/s1. The van der Waals surface area contributed by atoms with Gasteiger partial charge in [-0.25, -0.2) is 4.98 Å². The van der Waals surface area contributed by atoms with E-state index >= 15 is 0 Å². The molecule has 1 aliphatic heterocycles. The summed E-state index contributed by atoms with van der Waals surface area (Å²) in [6.45, 7) is 3.67. The quantitative estimate of drug-likeness (QED) is 0.902. The summed E-state index contributed by atoms with van der Waals surface area (Å²) in [5.74, 6) is 0.921. The number of hydrogen-bond acceptors (Lipinski definition) is 4. The number of fused-ring (bicyclic) bond motifs is 1. The minimum absolute atomic E-state index is 0.474.